The van der Waals surface area contributed by atoms with E-state index in [4.69, 9.17) is 0 Å². The first-order valence-electron chi connectivity index (χ1n) is 7.20. The Kier molecular flexibility index (Phi) is 3.65. The summed E-state index contributed by atoms with van der Waals surface area (Å²) in [5, 5.41) is 3.54. The van der Waals surface area contributed by atoms with Crippen molar-refractivity contribution in [2.75, 3.05) is 0 Å². The quantitative estimate of drug-likeness (QED) is 0.859. The number of hydrogen-bond donors (Lipinski definition) is 1. The fourth-order valence-electron chi connectivity index (χ4n) is 2.31. The average Bonchev–Trinajstić information content (AvgIpc) is 3.16. The van der Waals surface area contributed by atoms with Crippen LogP contribution in [0.2, 0.25) is 0 Å². The van der Waals surface area contributed by atoms with Gasteiger partial charge in [-0.1, -0.05) is 31.2 Å². The predicted molar refractivity (Wildman–Crippen MR) is 77.8 cm³/mol. The van der Waals surface area contributed by atoms with Crippen molar-refractivity contribution in [3.63, 3.8) is 0 Å². The van der Waals surface area contributed by atoms with E-state index in [0.717, 1.165) is 31.4 Å². The molecule has 3 heteroatoms. The van der Waals surface area contributed by atoms with E-state index in [-0.39, 0.29) is 0 Å². The molecule has 1 aromatic carbocycles. The minimum Gasteiger partial charge on any atom is -0.331 e. The van der Waals surface area contributed by atoms with Gasteiger partial charge in [0.15, 0.2) is 0 Å². The van der Waals surface area contributed by atoms with Gasteiger partial charge in [-0.3, -0.25) is 0 Å². The van der Waals surface area contributed by atoms with E-state index in [9.17, 15) is 0 Å². The van der Waals surface area contributed by atoms with Gasteiger partial charge in [-0.15, -0.1) is 0 Å². The molecule has 1 aromatic heterocycles. The third-order valence-electron chi connectivity index (χ3n) is 3.56. The molecule has 2 aromatic rings. The molecule has 0 radical (unpaired) electrons. The maximum absolute atomic E-state index is 4.47. The van der Waals surface area contributed by atoms with E-state index in [2.05, 4.69) is 52.3 Å². The van der Waals surface area contributed by atoms with Crippen LogP contribution in [0.15, 0.2) is 36.7 Å². The van der Waals surface area contributed by atoms with Crippen molar-refractivity contribution in [3.05, 3.63) is 42.2 Å². The maximum atomic E-state index is 4.47. The number of imidazole rings is 1. The fourth-order valence-corrected chi connectivity index (χ4v) is 2.31. The largest absolute Gasteiger partial charge is 0.331 e. The van der Waals surface area contributed by atoms with Gasteiger partial charge < -0.3 is 9.88 Å². The van der Waals surface area contributed by atoms with Crippen LogP contribution in [0.1, 0.15) is 31.7 Å². The van der Waals surface area contributed by atoms with Crippen molar-refractivity contribution in [1.82, 2.24) is 14.9 Å². The molecule has 0 bridgehead atoms. The van der Waals surface area contributed by atoms with Gasteiger partial charge in [-0.25, -0.2) is 4.98 Å². The topological polar surface area (TPSA) is 29.9 Å². The van der Waals surface area contributed by atoms with Gasteiger partial charge in [0.25, 0.3) is 0 Å². The lowest BCUT2D eigenvalue weighted by atomic mass is 10.1. The maximum Gasteiger partial charge on any atom is 0.139 e. The van der Waals surface area contributed by atoms with Crippen molar-refractivity contribution >= 4 is 0 Å². The minimum atomic E-state index is 0.767. The van der Waals surface area contributed by atoms with Gasteiger partial charge in [0.2, 0.25) is 0 Å². The molecular weight excluding hydrogens is 234 g/mol. The van der Waals surface area contributed by atoms with E-state index < -0.39 is 0 Å². The van der Waals surface area contributed by atoms with Crippen molar-refractivity contribution in [2.24, 2.45) is 0 Å². The molecule has 1 heterocycles. The van der Waals surface area contributed by atoms with Crippen LogP contribution in [0.25, 0.3) is 11.4 Å². The summed E-state index contributed by atoms with van der Waals surface area (Å²) in [4.78, 5) is 4.47. The Balaban J connectivity index is 1.71. The summed E-state index contributed by atoms with van der Waals surface area (Å²) in [6.07, 6.45) is 7.75. The predicted octanol–water partition coefficient (Wildman–Crippen LogP) is 3.21. The number of aryl methyl sites for hydroxylation is 1. The second kappa shape index (κ2) is 5.57. The Morgan fingerprint density at radius 2 is 2.05 bits per heavy atom. The molecule has 1 aliphatic carbocycles. The summed E-state index contributed by atoms with van der Waals surface area (Å²) in [5.41, 5.74) is 2.55. The smallest absolute Gasteiger partial charge is 0.139 e. The first-order chi connectivity index (χ1) is 9.36. The summed E-state index contributed by atoms with van der Waals surface area (Å²) in [5.74, 6) is 1.07. The summed E-state index contributed by atoms with van der Waals surface area (Å²) in [6.45, 7) is 4.20. The number of nitrogens with one attached hydrogen (secondary N) is 1. The number of hydrogen-bond acceptors (Lipinski definition) is 2. The highest BCUT2D eigenvalue weighted by molar-refractivity contribution is 5.56. The second-order valence-electron chi connectivity index (χ2n) is 5.30. The van der Waals surface area contributed by atoms with Gasteiger partial charge in [0, 0.05) is 37.1 Å². The summed E-state index contributed by atoms with van der Waals surface area (Å²) in [7, 11) is 0. The molecule has 3 rings (SSSR count). The third-order valence-corrected chi connectivity index (χ3v) is 3.56. The lowest BCUT2D eigenvalue weighted by Crippen LogP contribution is -2.15. The molecule has 0 amide bonds. The zero-order valence-electron chi connectivity index (χ0n) is 11.5. The van der Waals surface area contributed by atoms with Crippen LogP contribution in [0.4, 0.5) is 0 Å². The molecule has 1 N–H and O–H groups in total. The zero-order valence-corrected chi connectivity index (χ0v) is 11.5. The number of aromatic nitrogens is 2. The van der Waals surface area contributed by atoms with Crippen molar-refractivity contribution < 1.29 is 0 Å². The molecule has 0 atom stereocenters. The standard InChI is InChI=1S/C16H21N3/c1-2-10-19-11-9-17-16(19)14-5-3-13(4-6-14)12-18-15-7-8-15/h3-6,9,11,15,18H,2,7-8,10,12H2,1H3. The highest BCUT2D eigenvalue weighted by atomic mass is 15.1. The first kappa shape index (κ1) is 12.4. The average molecular weight is 255 g/mol. The van der Waals surface area contributed by atoms with E-state index in [1.807, 2.05) is 6.20 Å². The van der Waals surface area contributed by atoms with Crippen LogP contribution in [0, 0.1) is 0 Å². The van der Waals surface area contributed by atoms with E-state index in [1.54, 1.807) is 0 Å². The van der Waals surface area contributed by atoms with Gasteiger partial charge in [0.05, 0.1) is 0 Å². The first-order valence-corrected chi connectivity index (χ1v) is 7.20. The van der Waals surface area contributed by atoms with Crippen LogP contribution >= 0.6 is 0 Å². The van der Waals surface area contributed by atoms with Gasteiger partial charge in [-0.2, -0.15) is 0 Å². The highest BCUT2D eigenvalue weighted by Crippen LogP contribution is 2.21. The molecule has 19 heavy (non-hydrogen) atoms. The molecule has 100 valence electrons. The molecule has 3 nitrogen and oxygen atoms in total. The number of rotatable bonds is 6. The minimum absolute atomic E-state index is 0.767. The fraction of sp³-hybridized carbons (Fsp3) is 0.438. The molecule has 0 unspecified atom stereocenters. The Morgan fingerprint density at radius 1 is 1.26 bits per heavy atom. The van der Waals surface area contributed by atoms with E-state index >= 15 is 0 Å². The molecule has 1 fully saturated rings. The van der Waals surface area contributed by atoms with Gasteiger partial charge in [-0.05, 0) is 24.8 Å². The van der Waals surface area contributed by atoms with Crippen LogP contribution in [-0.4, -0.2) is 15.6 Å². The van der Waals surface area contributed by atoms with Gasteiger partial charge in [0.1, 0.15) is 5.82 Å². The monoisotopic (exact) mass is 255 g/mol. The van der Waals surface area contributed by atoms with Gasteiger partial charge >= 0.3 is 0 Å². The molecule has 1 aliphatic rings. The zero-order chi connectivity index (χ0) is 13.1. The Labute approximate surface area is 114 Å². The summed E-state index contributed by atoms with van der Waals surface area (Å²) < 4.78 is 2.22. The Bertz CT molecular complexity index is 523. The lowest BCUT2D eigenvalue weighted by Gasteiger charge is -2.08. The number of benzene rings is 1. The van der Waals surface area contributed by atoms with Crippen LogP contribution < -0.4 is 5.32 Å². The van der Waals surface area contributed by atoms with Crippen molar-refractivity contribution in [1.29, 1.82) is 0 Å². The molecular formula is C16H21N3. The molecule has 1 saturated carbocycles. The SMILES string of the molecule is CCCn1ccnc1-c1ccc(CNC2CC2)cc1. The Morgan fingerprint density at radius 3 is 2.74 bits per heavy atom. The van der Waals surface area contributed by atoms with Crippen molar-refractivity contribution in [2.45, 2.75) is 45.3 Å². The lowest BCUT2D eigenvalue weighted by molar-refractivity contribution is 0.684. The van der Waals surface area contributed by atoms with E-state index in [0.29, 0.717) is 0 Å². The molecule has 0 aliphatic heterocycles. The van der Waals surface area contributed by atoms with Crippen LogP contribution in [0.3, 0.4) is 0 Å². The molecule has 0 saturated heterocycles. The van der Waals surface area contributed by atoms with E-state index in [1.165, 1.54) is 24.0 Å². The van der Waals surface area contributed by atoms with Crippen molar-refractivity contribution in [3.8, 4) is 11.4 Å². The summed E-state index contributed by atoms with van der Waals surface area (Å²) >= 11 is 0. The highest BCUT2D eigenvalue weighted by Gasteiger charge is 2.19. The third kappa shape index (κ3) is 3.04. The molecule has 0 spiro atoms. The summed E-state index contributed by atoms with van der Waals surface area (Å²) in [6, 6.07) is 9.53. The second-order valence-corrected chi connectivity index (χ2v) is 5.30. The number of nitrogens with zero attached hydrogens (tertiary/aromatic N) is 2. The Hall–Kier alpha value is -1.61. The van der Waals surface area contributed by atoms with Crippen LogP contribution in [-0.2, 0) is 13.1 Å². The normalized spacial score (nSPS) is 14.8. The van der Waals surface area contributed by atoms with Crippen LogP contribution in [0.5, 0.6) is 0 Å².